The maximum Gasteiger partial charge on any atom is 0.234 e. The predicted octanol–water partition coefficient (Wildman–Crippen LogP) is -0.0604. The van der Waals surface area contributed by atoms with E-state index >= 15 is 0 Å². The van der Waals surface area contributed by atoms with Crippen molar-refractivity contribution in [1.82, 2.24) is 30.8 Å². The molecule has 1 saturated heterocycles. The predicted molar refractivity (Wildman–Crippen MR) is 83.1 cm³/mol. The average Bonchev–Trinajstić information content (AvgIpc) is 3.08. The Labute approximate surface area is 133 Å². The Bertz CT molecular complexity index is 645. The van der Waals surface area contributed by atoms with Gasteiger partial charge in [-0.25, -0.2) is 0 Å². The van der Waals surface area contributed by atoms with E-state index in [0.29, 0.717) is 25.5 Å². The smallest absolute Gasteiger partial charge is 0.234 e. The van der Waals surface area contributed by atoms with Gasteiger partial charge in [-0.2, -0.15) is 5.21 Å². The van der Waals surface area contributed by atoms with Gasteiger partial charge in [-0.05, 0) is 36.2 Å². The molecule has 0 spiro atoms. The number of carbonyl (C=O) groups excluding carboxylic acids is 1. The van der Waals surface area contributed by atoms with Gasteiger partial charge in [0.25, 0.3) is 0 Å². The van der Waals surface area contributed by atoms with Gasteiger partial charge in [-0.1, -0.05) is 18.2 Å². The lowest BCUT2D eigenvalue weighted by Crippen LogP contribution is -2.44. The minimum atomic E-state index is -0.316. The van der Waals surface area contributed by atoms with Gasteiger partial charge in [0.2, 0.25) is 11.7 Å². The molecule has 8 heteroatoms. The number of piperidine rings is 1. The number of aliphatic hydroxyl groups is 1. The fourth-order valence-electron chi connectivity index (χ4n) is 2.74. The zero-order chi connectivity index (χ0) is 16.1. The third-order valence-electron chi connectivity index (χ3n) is 3.87. The number of rotatable bonds is 5. The van der Waals surface area contributed by atoms with Crippen molar-refractivity contribution in [2.75, 3.05) is 19.6 Å². The van der Waals surface area contributed by atoms with Crippen LogP contribution in [-0.2, 0) is 11.3 Å². The van der Waals surface area contributed by atoms with Crippen molar-refractivity contribution in [3.8, 4) is 11.4 Å². The summed E-state index contributed by atoms with van der Waals surface area (Å²) >= 11 is 0. The summed E-state index contributed by atoms with van der Waals surface area (Å²) in [6, 6.07) is 7.66. The van der Waals surface area contributed by atoms with E-state index in [1.807, 2.05) is 29.2 Å². The van der Waals surface area contributed by atoms with E-state index < -0.39 is 0 Å². The summed E-state index contributed by atoms with van der Waals surface area (Å²) in [4.78, 5) is 14.0. The van der Waals surface area contributed by atoms with E-state index in [0.717, 1.165) is 30.5 Å². The second kappa shape index (κ2) is 7.30. The largest absolute Gasteiger partial charge is 0.392 e. The van der Waals surface area contributed by atoms with Gasteiger partial charge >= 0.3 is 0 Å². The molecule has 23 heavy (non-hydrogen) atoms. The van der Waals surface area contributed by atoms with Crippen LogP contribution in [0.25, 0.3) is 11.4 Å². The number of benzene rings is 1. The summed E-state index contributed by atoms with van der Waals surface area (Å²) in [6.45, 7) is 2.20. The number of β-amino-alcohol motifs (C(OH)–C–C–N with tert-alkyl or cyclic N) is 1. The molecule has 1 aliphatic rings. The first-order valence-corrected chi connectivity index (χ1v) is 7.70. The maximum atomic E-state index is 12.0. The Hall–Kier alpha value is -2.32. The van der Waals surface area contributed by atoms with Crippen LogP contribution in [0.3, 0.4) is 0 Å². The summed E-state index contributed by atoms with van der Waals surface area (Å²) < 4.78 is 0. The van der Waals surface area contributed by atoms with Crippen LogP contribution in [0.4, 0.5) is 0 Å². The Morgan fingerprint density at radius 2 is 2.39 bits per heavy atom. The normalized spacial score (nSPS) is 18.7. The molecule has 1 aromatic heterocycles. The van der Waals surface area contributed by atoms with E-state index in [2.05, 4.69) is 25.9 Å². The number of aromatic nitrogens is 4. The van der Waals surface area contributed by atoms with E-state index in [4.69, 9.17) is 0 Å². The Balaban J connectivity index is 1.52. The number of nitrogens with one attached hydrogen (secondary N) is 2. The molecular formula is C15H20N6O2. The first-order valence-electron chi connectivity index (χ1n) is 7.70. The molecule has 2 heterocycles. The van der Waals surface area contributed by atoms with Crippen LogP contribution >= 0.6 is 0 Å². The number of aromatic amines is 1. The van der Waals surface area contributed by atoms with Crippen LogP contribution in [-0.4, -0.2) is 62.3 Å². The van der Waals surface area contributed by atoms with E-state index in [9.17, 15) is 9.90 Å². The molecule has 2 aromatic rings. The van der Waals surface area contributed by atoms with Crippen molar-refractivity contribution < 1.29 is 9.90 Å². The quantitative estimate of drug-likeness (QED) is 0.713. The summed E-state index contributed by atoms with van der Waals surface area (Å²) in [5.41, 5.74) is 1.82. The fraction of sp³-hybridized carbons (Fsp3) is 0.467. The van der Waals surface area contributed by atoms with Crippen molar-refractivity contribution in [1.29, 1.82) is 0 Å². The number of tetrazole rings is 1. The number of carbonyl (C=O) groups is 1. The van der Waals surface area contributed by atoms with Crippen molar-refractivity contribution in [2.45, 2.75) is 25.5 Å². The monoisotopic (exact) mass is 316 g/mol. The third-order valence-corrected chi connectivity index (χ3v) is 3.87. The Morgan fingerprint density at radius 3 is 3.17 bits per heavy atom. The van der Waals surface area contributed by atoms with E-state index in [1.165, 1.54) is 0 Å². The lowest BCUT2D eigenvalue weighted by molar-refractivity contribution is -0.123. The lowest BCUT2D eigenvalue weighted by atomic mass is 10.1. The van der Waals surface area contributed by atoms with Gasteiger partial charge < -0.3 is 10.4 Å². The molecule has 1 fully saturated rings. The van der Waals surface area contributed by atoms with Gasteiger partial charge in [-0.3, -0.25) is 9.69 Å². The molecule has 1 aliphatic heterocycles. The zero-order valence-corrected chi connectivity index (χ0v) is 12.8. The Morgan fingerprint density at radius 1 is 1.48 bits per heavy atom. The summed E-state index contributed by atoms with van der Waals surface area (Å²) in [5.74, 6) is 0.490. The number of aliphatic hydroxyl groups excluding tert-OH is 1. The minimum Gasteiger partial charge on any atom is -0.392 e. The molecule has 3 N–H and O–H groups in total. The minimum absolute atomic E-state index is 0.0379. The molecule has 1 aromatic carbocycles. The van der Waals surface area contributed by atoms with Crippen LogP contribution < -0.4 is 5.32 Å². The number of hydrogen-bond donors (Lipinski definition) is 3. The molecule has 122 valence electrons. The highest BCUT2D eigenvalue weighted by atomic mass is 16.3. The third kappa shape index (κ3) is 4.33. The topological polar surface area (TPSA) is 107 Å². The second-order valence-electron chi connectivity index (χ2n) is 5.74. The van der Waals surface area contributed by atoms with Crippen LogP contribution in [0.5, 0.6) is 0 Å². The van der Waals surface area contributed by atoms with Crippen molar-refractivity contribution in [3.05, 3.63) is 29.8 Å². The van der Waals surface area contributed by atoms with Crippen LogP contribution in [0.1, 0.15) is 18.4 Å². The van der Waals surface area contributed by atoms with Crippen LogP contribution in [0, 0.1) is 0 Å². The van der Waals surface area contributed by atoms with Crippen LogP contribution in [0.15, 0.2) is 24.3 Å². The SMILES string of the molecule is O=C(CN1CCC[C@H](O)C1)NCc1cccc(-c2nn[nH]n2)c1. The number of amides is 1. The van der Waals surface area contributed by atoms with Gasteiger partial charge in [0, 0.05) is 18.7 Å². The van der Waals surface area contributed by atoms with Gasteiger partial charge in [0.05, 0.1) is 12.6 Å². The van der Waals surface area contributed by atoms with Crippen molar-refractivity contribution in [3.63, 3.8) is 0 Å². The summed E-state index contributed by atoms with van der Waals surface area (Å²) in [6.07, 6.45) is 1.44. The molecule has 0 unspecified atom stereocenters. The van der Waals surface area contributed by atoms with Gasteiger partial charge in [0.15, 0.2) is 0 Å². The molecule has 0 saturated carbocycles. The van der Waals surface area contributed by atoms with Gasteiger partial charge in [-0.15, -0.1) is 10.2 Å². The molecule has 1 amide bonds. The van der Waals surface area contributed by atoms with E-state index in [-0.39, 0.29) is 12.0 Å². The second-order valence-corrected chi connectivity index (χ2v) is 5.74. The molecule has 0 bridgehead atoms. The van der Waals surface area contributed by atoms with Crippen molar-refractivity contribution in [2.24, 2.45) is 0 Å². The van der Waals surface area contributed by atoms with E-state index in [1.54, 1.807) is 0 Å². The maximum absolute atomic E-state index is 12.0. The molecule has 0 aliphatic carbocycles. The summed E-state index contributed by atoms with van der Waals surface area (Å²) in [5, 5.41) is 26.4. The number of H-pyrrole nitrogens is 1. The Kier molecular flexibility index (Phi) is 4.94. The van der Waals surface area contributed by atoms with Crippen LogP contribution in [0.2, 0.25) is 0 Å². The first-order chi connectivity index (χ1) is 11.2. The average molecular weight is 316 g/mol. The number of likely N-dealkylation sites (tertiary alicyclic amines) is 1. The standard InChI is InChI=1S/C15H20N6O2/c22-13-5-2-6-21(9-13)10-14(23)16-8-11-3-1-4-12(7-11)15-17-19-20-18-15/h1,3-4,7,13,22H,2,5-6,8-10H2,(H,16,23)(H,17,18,19,20)/t13-/m0/s1. The van der Waals surface area contributed by atoms with Gasteiger partial charge in [0.1, 0.15) is 0 Å². The highest BCUT2D eigenvalue weighted by Gasteiger charge is 2.19. The number of nitrogens with zero attached hydrogens (tertiary/aromatic N) is 4. The molecule has 3 rings (SSSR count). The lowest BCUT2D eigenvalue weighted by Gasteiger charge is -2.29. The molecule has 8 nitrogen and oxygen atoms in total. The highest BCUT2D eigenvalue weighted by molar-refractivity contribution is 5.78. The van der Waals surface area contributed by atoms with Crippen molar-refractivity contribution >= 4 is 5.91 Å². The number of hydrogen-bond acceptors (Lipinski definition) is 6. The highest BCUT2D eigenvalue weighted by Crippen LogP contribution is 2.15. The molecule has 0 radical (unpaired) electrons. The fourth-order valence-corrected chi connectivity index (χ4v) is 2.74. The molecular weight excluding hydrogens is 296 g/mol. The zero-order valence-electron chi connectivity index (χ0n) is 12.8. The first kappa shape index (κ1) is 15.6. The molecule has 1 atom stereocenters. The summed E-state index contributed by atoms with van der Waals surface area (Å²) in [7, 11) is 0.